The monoisotopic (exact) mass is 376 g/mol. The minimum absolute atomic E-state index is 0.300. The Morgan fingerprint density at radius 2 is 1.09 bits per heavy atom. The highest BCUT2D eigenvalue weighted by molar-refractivity contribution is 8.22. The molecule has 0 aromatic heterocycles. The van der Waals surface area contributed by atoms with Gasteiger partial charge in [0.25, 0.3) is 5.08 Å². The SMILES string of the molecule is CC(C)N(C(C)C)P(=S)(C(=[N+]=[N-])[Si](C)(C)C)N(C(C)C)C(C)C. The maximum absolute atomic E-state index is 9.95. The van der Waals surface area contributed by atoms with E-state index >= 15 is 0 Å². The van der Waals surface area contributed by atoms with Crippen molar-refractivity contribution in [3.05, 3.63) is 5.53 Å². The van der Waals surface area contributed by atoms with Gasteiger partial charge in [-0.2, -0.15) is 4.79 Å². The van der Waals surface area contributed by atoms with Crippen molar-refractivity contribution in [2.45, 2.75) is 99.2 Å². The van der Waals surface area contributed by atoms with E-state index in [0.717, 1.165) is 5.08 Å². The standard InChI is InChI=1S/C16H37N4PSSi/c1-12(2)19(13(3)4)21(22,16(18-17)23(9,10)11)20(14(5)6)15(7)8/h12-15H,1-11H3. The maximum Gasteiger partial charge on any atom is 0.291 e. The Balaban J connectivity index is 6.74. The third-order valence-corrected chi connectivity index (χ3v) is 14.1. The predicted molar refractivity (Wildman–Crippen MR) is 110 cm³/mol. The first kappa shape index (κ1) is 23.2. The summed E-state index contributed by atoms with van der Waals surface area (Å²) in [6.45, 7) is 24.2. The molecule has 7 heteroatoms. The van der Waals surface area contributed by atoms with Gasteiger partial charge in [-0.3, -0.25) is 9.34 Å². The van der Waals surface area contributed by atoms with Crippen LogP contribution in [0.4, 0.5) is 0 Å². The van der Waals surface area contributed by atoms with Gasteiger partial charge in [0.15, 0.2) is 14.4 Å². The van der Waals surface area contributed by atoms with Gasteiger partial charge in [0, 0.05) is 24.2 Å². The summed E-state index contributed by atoms with van der Waals surface area (Å²) < 4.78 is 4.85. The van der Waals surface area contributed by atoms with Crippen molar-refractivity contribution in [1.29, 1.82) is 0 Å². The number of rotatable bonds is 8. The normalized spacial score (nSPS) is 13.8. The molecule has 0 aromatic carbocycles. The van der Waals surface area contributed by atoms with E-state index in [1.165, 1.54) is 0 Å². The van der Waals surface area contributed by atoms with Gasteiger partial charge >= 0.3 is 0 Å². The van der Waals surface area contributed by atoms with Crippen molar-refractivity contribution in [3.63, 3.8) is 0 Å². The lowest BCUT2D eigenvalue weighted by atomic mass is 10.3. The van der Waals surface area contributed by atoms with Crippen molar-refractivity contribution < 1.29 is 4.79 Å². The van der Waals surface area contributed by atoms with Crippen LogP contribution in [-0.2, 0) is 11.8 Å². The average molecular weight is 377 g/mol. The Kier molecular flexibility index (Phi) is 8.57. The third-order valence-electron chi connectivity index (χ3n) is 3.78. The summed E-state index contributed by atoms with van der Waals surface area (Å²) in [5, 5.41) is 0.879. The van der Waals surface area contributed by atoms with Gasteiger partial charge in [-0.25, -0.2) is 0 Å². The van der Waals surface area contributed by atoms with Gasteiger partial charge in [-0.15, -0.1) is 0 Å². The first-order chi connectivity index (χ1) is 10.2. The van der Waals surface area contributed by atoms with E-state index in [1.807, 2.05) is 0 Å². The second-order valence-corrected chi connectivity index (χ2v) is 17.7. The van der Waals surface area contributed by atoms with Gasteiger partial charge in [0.05, 0.1) is 0 Å². The van der Waals surface area contributed by atoms with Crippen molar-refractivity contribution in [2.24, 2.45) is 0 Å². The molecule has 0 rings (SSSR count). The van der Waals surface area contributed by atoms with Gasteiger partial charge in [0.1, 0.15) is 0 Å². The zero-order chi connectivity index (χ0) is 18.7. The molecule has 0 N–H and O–H groups in total. The molecule has 0 bridgehead atoms. The second kappa shape index (κ2) is 8.51. The van der Waals surface area contributed by atoms with Crippen LogP contribution in [0.1, 0.15) is 55.4 Å². The summed E-state index contributed by atoms with van der Waals surface area (Å²) in [5.74, 6) is 0. The lowest BCUT2D eigenvalue weighted by Crippen LogP contribution is -2.51. The Labute approximate surface area is 150 Å². The van der Waals surface area contributed by atoms with Crippen LogP contribution >= 0.6 is 6.34 Å². The van der Waals surface area contributed by atoms with E-state index in [0.29, 0.717) is 24.2 Å². The summed E-state index contributed by atoms with van der Waals surface area (Å²) in [6, 6.07) is 1.20. The van der Waals surface area contributed by atoms with Gasteiger partial charge in [-0.1, -0.05) is 31.4 Å². The molecule has 0 amide bonds. The highest BCUT2D eigenvalue weighted by Gasteiger charge is 2.52. The maximum atomic E-state index is 9.95. The van der Waals surface area contributed by atoms with Crippen LogP contribution in [0.5, 0.6) is 0 Å². The van der Waals surface area contributed by atoms with Crippen molar-refractivity contribution >= 4 is 31.3 Å². The van der Waals surface area contributed by atoms with Crippen molar-refractivity contribution in [2.75, 3.05) is 0 Å². The molecule has 0 radical (unpaired) electrons. The molecular formula is C16H37N4PSSi. The minimum Gasteiger partial charge on any atom is -0.362 e. The summed E-state index contributed by atoms with van der Waals surface area (Å²) in [4.78, 5) is 3.84. The summed E-state index contributed by atoms with van der Waals surface area (Å²) in [5.41, 5.74) is 9.95. The molecule has 136 valence electrons. The molecule has 0 aliphatic carbocycles. The van der Waals surface area contributed by atoms with Gasteiger partial charge in [-0.05, 0) is 55.4 Å². The average Bonchev–Trinajstić information content (AvgIpc) is 2.23. The molecule has 0 fully saturated rings. The van der Waals surface area contributed by atoms with Crippen LogP contribution in [-0.4, -0.2) is 51.4 Å². The number of nitrogens with zero attached hydrogens (tertiary/aromatic N) is 4. The van der Waals surface area contributed by atoms with Crippen LogP contribution in [0, 0.1) is 0 Å². The summed E-state index contributed by atoms with van der Waals surface area (Å²) >= 11 is 6.43. The Morgan fingerprint density at radius 3 is 1.22 bits per heavy atom. The van der Waals surface area contributed by atoms with Crippen molar-refractivity contribution in [1.82, 2.24) is 9.34 Å². The molecule has 0 heterocycles. The lowest BCUT2D eigenvalue weighted by Gasteiger charge is -2.48. The van der Waals surface area contributed by atoms with Gasteiger partial charge < -0.3 is 5.53 Å². The fourth-order valence-corrected chi connectivity index (χ4v) is 16.0. The first-order valence-corrected chi connectivity index (χ1v) is 14.8. The molecule has 0 spiro atoms. The van der Waals surface area contributed by atoms with Crippen LogP contribution in [0.25, 0.3) is 5.53 Å². The minimum atomic E-state index is -2.33. The third kappa shape index (κ3) is 5.07. The predicted octanol–water partition coefficient (Wildman–Crippen LogP) is 5.04. The molecule has 23 heavy (non-hydrogen) atoms. The van der Waals surface area contributed by atoms with Gasteiger partial charge in [0.2, 0.25) is 0 Å². The van der Waals surface area contributed by atoms with Crippen LogP contribution in [0.15, 0.2) is 0 Å². The van der Waals surface area contributed by atoms with Crippen LogP contribution < -0.4 is 0 Å². The fourth-order valence-electron chi connectivity index (χ4n) is 3.43. The molecule has 0 aliphatic rings. The smallest absolute Gasteiger partial charge is 0.291 e. The van der Waals surface area contributed by atoms with E-state index in [9.17, 15) is 5.53 Å². The van der Waals surface area contributed by atoms with E-state index in [1.54, 1.807) is 0 Å². The summed E-state index contributed by atoms with van der Waals surface area (Å²) in [7, 11) is -1.87. The van der Waals surface area contributed by atoms with E-state index in [-0.39, 0.29) is 0 Å². The van der Waals surface area contributed by atoms with E-state index in [2.05, 4.69) is 89.2 Å². The number of hydrogen-bond donors (Lipinski definition) is 0. The topological polar surface area (TPSA) is 42.9 Å². The second-order valence-electron chi connectivity index (χ2n) is 8.35. The van der Waals surface area contributed by atoms with E-state index < -0.39 is 14.4 Å². The first-order valence-electron chi connectivity index (χ1n) is 8.63. The highest BCUT2D eigenvalue weighted by Crippen LogP contribution is 2.60. The largest absolute Gasteiger partial charge is 0.362 e. The molecule has 0 saturated carbocycles. The Hall–Kier alpha value is 0.167. The molecule has 4 nitrogen and oxygen atoms in total. The van der Waals surface area contributed by atoms with Crippen LogP contribution in [0.2, 0.25) is 19.6 Å². The van der Waals surface area contributed by atoms with E-state index in [4.69, 9.17) is 11.8 Å². The molecule has 0 unspecified atom stereocenters. The summed E-state index contributed by atoms with van der Waals surface area (Å²) in [6.07, 6.45) is -2.33. The Bertz CT molecular complexity index is 451. The molecule has 0 aliphatic heterocycles. The highest BCUT2D eigenvalue weighted by atomic mass is 32.4. The molecular weight excluding hydrogens is 339 g/mol. The molecule has 0 aromatic rings. The zero-order valence-electron chi connectivity index (χ0n) is 17.0. The fraction of sp³-hybridized carbons (Fsp3) is 0.938. The molecule has 0 atom stereocenters. The van der Waals surface area contributed by atoms with Crippen LogP contribution in [0.3, 0.4) is 0 Å². The number of hydrogen-bond acceptors (Lipinski definition) is 1. The quantitative estimate of drug-likeness (QED) is 0.196. The zero-order valence-corrected chi connectivity index (χ0v) is 19.7. The lowest BCUT2D eigenvalue weighted by molar-refractivity contribution is 0.00185. The Morgan fingerprint density at radius 1 is 0.826 bits per heavy atom. The van der Waals surface area contributed by atoms with Crippen molar-refractivity contribution in [3.8, 4) is 0 Å². The molecule has 0 saturated heterocycles.